The maximum Gasteiger partial charge on any atom is 0.0675 e. The lowest BCUT2D eigenvalue weighted by Gasteiger charge is -2.12. The van der Waals surface area contributed by atoms with Crippen molar-refractivity contribution in [3.63, 3.8) is 0 Å². The second-order valence-electron chi connectivity index (χ2n) is 7.92. The second-order valence-corrected chi connectivity index (χ2v) is 7.92. The fourth-order valence-corrected chi connectivity index (χ4v) is 4.57. The van der Waals surface area contributed by atoms with E-state index in [4.69, 9.17) is 4.98 Å². The van der Waals surface area contributed by atoms with Gasteiger partial charge in [-0.2, -0.15) is 5.10 Å². The van der Waals surface area contributed by atoms with Crippen LogP contribution in [0.5, 0.6) is 0 Å². The summed E-state index contributed by atoms with van der Waals surface area (Å²) in [6.07, 6.45) is 13.4. The summed E-state index contributed by atoms with van der Waals surface area (Å²) in [5.74, 6) is 0. The molecule has 142 valence electrons. The van der Waals surface area contributed by atoms with Crippen molar-refractivity contribution in [1.29, 1.82) is 0 Å². The van der Waals surface area contributed by atoms with E-state index in [2.05, 4.69) is 61.4 Å². The lowest BCUT2D eigenvalue weighted by atomic mass is 9.93. The predicted octanol–water partition coefficient (Wildman–Crippen LogP) is 5.68. The Hall–Kier alpha value is -2.94. The molecule has 2 aliphatic rings. The molecule has 1 aromatic carbocycles. The van der Waals surface area contributed by atoms with Crippen LogP contribution in [0.15, 0.2) is 42.6 Å². The van der Waals surface area contributed by atoms with Crippen LogP contribution in [0.1, 0.15) is 53.6 Å². The molecule has 0 unspecified atom stereocenters. The van der Waals surface area contributed by atoms with Crippen LogP contribution in [0.2, 0.25) is 0 Å². The molecule has 3 nitrogen and oxygen atoms in total. The van der Waals surface area contributed by atoms with Crippen molar-refractivity contribution in [3.8, 4) is 11.1 Å². The molecule has 5 rings (SSSR count). The zero-order valence-electron chi connectivity index (χ0n) is 16.8. The third-order valence-electron chi connectivity index (χ3n) is 6.13. The lowest BCUT2D eigenvalue weighted by molar-refractivity contribution is 0.731. The summed E-state index contributed by atoms with van der Waals surface area (Å²) < 4.78 is 1.95. The molecule has 3 heteroatoms. The predicted molar refractivity (Wildman–Crippen MR) is 117 cm³/mol. The highest BCUT2D eigenvalue weighted by atomic mass is 15.3. The standard InChI is InChI=1S/C25H25N3.H2/c1-16-25(17(2)28(3)27-16)21-14-23-22(11-12-24(23)26-15-21)20-10-9-18-7-5-4-6-8-19(18)13-20;/h5,7,9-11,13-15H,4,6,8,12H2,1-3H3;1H. The van der Waals surface area contributed by atoms with Crippen molar-refractivity contribution in [3.05, 3.63) is 81.9 Å². The average Bonchev–Trinajstić information content (AvgIpc) is 3.11. The number of hydrogen-bond acceptors (Lipinski definition) is 2. The molecule has 0 fully saturated rings. The average molecular weight is 370 g/mol. The lowest BCUT2D eigenvalue weighted by Crippen LogP contribution is -1.96. The zero-order chi connectivity index (χ0) is 19.3. The fraction of sp³-hybridized carbons (Fsp3) is 0.280. The molecule has 3 aromatic rings. The highest BCUT2D eigenvalue weighted by Crippen LogP contribution is 2.36. The van der Waals surface area contributed by atoms with Crippen molar-refractivity contribution in [2.45, 2.75) is 39.5 Å². The Bertz CT molecular complexity index is 1150. The molecule has 0 radical (unpaired) electrons. The van der Waals surface area contributed by atoms with Crippen molar-refractivity contribution in [1.82, 2.24) is 14.8 Å². The Morgan fingerprint density at radius 3 is 2.82 bits per heavy atom. The Kier molecular flexibility index (Phi) is 4.04. The fourth-order valence-electron chi connectivity index (χ4n) is 4.57. The van der Waals surface area contributed by atoms with E-state index in [1.807, 2.05) is 17.9 Å². The van der Waals surface area contributed by atoms with Crippen molar-refractivity contribution >= 4 is 11.6 Å². The van der Waals surface area contributed by atoms with Crippen molar-refractivity contribution < 1.29 is 1.43 Å². The van der Waals surface area contributed by atoms with Gasteiger partial charge in [-0.05, 0) is 61.4 Å². The molecule has 28 heavy (non-hydrogen) atoms. The van der Waals surface area contributed by atoms with Crippen molar-refractivity contribution in [2.24, 2.45) is 7.05 Å². The highest BCUT2D eigenvalue weighted by molar-refractivity contribution is 5.87. The highest BCUT2D eigenvalue weighted by Gasteiger charge is 2.21. The molecule has 2 heterocycles. The Labute approximate surface area is 167 Å². The van der Waals surface area contributed by atoms with E-state index < -0.39 is 0 Å². The van der Waals surface area contributed by atoms with E-state index in [0.29, 0.717) is 0 Å². The van der Waals surface area contributed by atoms with Gasteiger partial charge >= 0.3 is 0 Å². The molecule has 0 spiro atoms. The molecule has 0 saturated carbocycles. The van der Waals surface area contributed by atoms with Crippen LogP contribution in [0.25, 0.3) is 22.8 Å². The van der Waals surface area contributed by atoms with Crippen LogP contribution in [-0.4, -0.2) is 14.8 Å². The number of hydrogen-bond donors (Lipinski definition) is 0. The smallest absolute Gasteiger partial charge is 0.0675 e. The summed E-state index contributed by atoms with van der Waals surface area (Å²) in [5, 5.41) is 4.58. The van der Waals surface area contributed by atoms with E-state index in [-0.39, 0.29) is 1.43 Å². The molecule has 2 aromatic heterocycles. The van der Waals surface area contributed by atoms with Gasteiger partial charge in [0, 0.05) is 43.5 Å². The van der Waals surface area contributed by atoms with Gasteiger partial charge < -0.3 is 0 Å². The molecule has 0 N–H and O–H groups in total. The number of aryl methyl sites for hydroxylation is 3. The summed E-state index contributed by atoms with van der Waals surface area (Å²) in [7, 11) is 2.00. The maximum atomic E-state index is 4.81. The van der Waals surface area contributed by atoms with E-state index in [9.17, 15) is 0 Å². The molecule has 0 aliphatic heterocycles. The Morgan fingerprint density at radius 1 is 1.11 bits per heavy atom. The van der Waals surface area contributed by atoms with Crippen LogP contribution in [0.4, 0.5) is 0 Å². The first-order valence-corrected chi connectivity index (χ1v) is 10.1. The third kappa shape index (κ3) is 2.73. The van der Waals surface area contributed by atoms with Crippen LogP contribution >= 0.6 is 0 Å². The minimum Gasteiger partial charge on any atom is -0.272 e. The SMILES string of the molecule is Cc1nn(C)c(C)c1-c1cnc2c(c1)C(c1ccc3c(c1)CCCC=C3)=CC2.[HH]. The molecule has 0 saturated heterocycles. The van der Waals surface area contributed by atoms with Gasteiger partial charge in [0.1, 0.15) is 0 Å². The van der Waals surface area contributed by atoms with Gasteiger partial charge in [0.15, 0.2) is 0 Å². The van der Waals surface area contributed by atoms with Crippen LogP contribution in [0, 0.1) is 13.8 Å². The van der Waals surface area contributed by atoms with E-state index >= 15 is 0 Å². The van der Waals surface area contributed by atoms with E-state index in [1.54, 1.807) is 0 Å². The summed E-state index contributed by atoms with van der Waals surface area (Å²) in [6, 6.07) is 9.24. The van der Waals surface area contributed by atoms with Gasteiger partial charge in [-0.25, -0.2) is 0 Å². The number of pyridine rings is 1. The summed E-state index contributed by atoms with van der Waals surface area (Å²) in [4.78, 5) is 4.81. The summed E-state index contributed by atoms with van der Waals surface area (Å²) in [6.45, 7) is 4.20. The largest absolute Gasteiger partial charge is 0.272 e. The summed E-state index contributed by atoms with van der Waals surface area (Å²) in [5.41, 5.74) is 12.5. The molecular formula is C25H27N3. The molecule has 0 bridgehead atoms. The second kappa shape index (κ2) is 6.59. The monoisotopic (exact) mass is 369 g/mol. The van der Waals surface area contributed by atoms with E-state index in [1.165, 1.54) is 57.6 Å². The first-order chi connectivity index (χ1) is 13.6. The number of nitrogens with zero attached hydrogens (tertiary/aromatic N) is 3. The number of aromatic nitrogens is 3. The topological polar surface area (TPSA) is 30.7 Å². The van der Waals surface area contributed by atoms with Gasteiger partial charge in [-0.1, -0.05) is 36.4 Å². The maximum absolute atomic E-state index is 4.81. The van der Waals surface area contributed by atoms with Crippen LogP contribution < -0.4 is 0 Å². The molecular weight excluding hydrogens is 342 g/mol. The Balaban J connectivity index is 0.00000205. The number of benzene rings is 1. The van der Waals surface area contributed by atoms with E-state index in [0.717, 1.165) is 24.1 Å². The third-order valence-corrected chi connectivity index (χ3v) is 6.13. The molecule has 0 atom stereocenters. The first kappa shape index (κ1) is 17.2. The first-order valence-electron chi connectivity index (χ1n) is 10.1. The quantitative estimate of drug-likeness (QED) is 0.581. The van der Waals surface area contributed by atoms with Gasteiger partial charge in [-0.3, -0.25) is 9.67 Å². The van der Waals surface area contributed by atoms with Gasteiger partial charge in [-0.15, -0.1) is 0 Å². The van der Waals surface area contributed by atoms with Gasteiger partial charge in [0.05, 0.1) is 11.4 Å². The minimum atomic E-state index is 0. The Morgan fingerprint density at radius 2 is 2.00 bits per heavy atom. The normalized spacial score (nSPS) is 15.2. The van der Waals surface area contributed by atoms with Crippen molar-refractivity contribution in [2.75, 3.05) is 0 Å². The minimum absolute atomic E-state index is 0. The van der Waals surface area contributed by atoms with Crippen LogP contribution in [-0.2, 0) is 19.9 Å². The van der Waals surface area contributed by atoms with Gasteiger partial charge in [0.2, 0.25) is 0 Å². The number of fused-ring (bicyclic) bond motifs is 2. The number of rotatable bonds is 2. The molecule has 2 aliphatic carbocycles. The molecule has 0 amide bonds. The van der Waals surface area contributed by atoms with Crippen LogP contribution in [0.3, 0.4) is 0 Å². The number of allylic oxidation sites excluding steroid dienone is 2. The summed E-state index contributed by atoms with van der Waals surface area (Å²) >= 11 is 0. The van der Waals surface area contributed by atoms with Gasteiger partial charge in [0.25, 0.3) is 0 Å². The zero-order valence-corrected chi connectivity index (χ0v) is 16.8.